The summed E-state index contributed by atoms with van der Waals surface area (Å²) in [6, 6.07) is 6.23. The lowest BCUT2D eigenvalue weighted by molar-refractivity contribution is 0.231. The second-order valence-corrected chi connectivity index (χ2v) is 5.08. The second-order valence-electron chi connectivity index (χ2n) is 4.22. The zero-order chi connectivity index (χ0) is 11.5. The van der Waals surface area contributed by atoms with E-state index in [2.05, 4.69) is 21.4 Å². The average Bonchev–Trinajstić information content (AvgIpc) is 2.24. The molecule has 0 radical (unpaired) electrons. The van der Waals surface area contributed by atoms with Crippen molar-refractivity contribution in [2.24, 2.45) is 11.8 Å². The van der Waals surface area contributed by atoms with Crippen LogP contribution in [0.5, 0.6) is 5.75 Å². The van der Waals surface area contributed by atoms with E-state index in [4.69, 9.17) is 10.6 Å². The van der Waals surface area contributed by atoms with E-state index < -0.39 is 0 Å². The highest BCUT2D eigenvalue weighted by Gasteiger charge is 2.29. The molecule has 1 fully saturated rings. The van der Waals surface area contributed by atoms with Crippen LogP contribution in [0.1, 0.15) is 30.9 Å². The third-order valence-electron chi connectivity index (χ3n) is 3.34. The number of nitrogens with one attached hydrogen (secondary N) is 1. The molecule has 0 spiro atoms. The average molecular weight is 285 g/mol. The van der Waals surface area contributed by atoms with Crippen molar-refractivity contribution in [3.63, 3.8) is 0 Å². The number of benzene rings is 1. The van der Waals surface area contributed by atoms with Gasteiger partial charge in [-0.1, -0.05) is 22.4 Å². The van der Waals surface area contributed by atoms with Gasteiger partial charge in [0.05, 0.1) is 13.2 Å². The number of hydrazine groups is 1. The summed E-state index contributed by atoms with van der Waals surface area (Å²) < 4.78 is 6.33. The van der Waals surface area contributed by atoms with Crippen LogP contribution in [0.4, 0.5) is 0 Å². The summed E-state index contributed by atoms with van der Waals surface area (Å²) in [4.78, 5) is 0. The summed E-state index contributed by atoms with van der Waals surface area (Å²) in [5.74, 6) is 7.18. The van der Waals surface area contributed by atoms with Gasteiger partial charge in [-0.25, -0.2) is 0 Å². The topological polar surface area (TPSA) is 47.3 Å². The van der Waals surface area contributed by atoms with E-state index >= 15 is 0 Å². The summed E-state index contributed by atoms with van der Waals surface area (Å²) in [5.41, 5.74) is 4.11. The van der Waals surface area contributed by atoms with Crippen LogP contribution >= 0.6 is 15.9 Å². The Bertz CT molecular complexity index is 366. The van der Waals surface area contributed by atoms with E-state index in [0.29, 0.717) is 5.92 Å². The summed E-state index contributed by atoms with van der Waals surface area (Å²) in [6.07, 6.45) is 3.81. The van der Waals surface area contributed by atoms with Crippen LogP contribution in [0.15, 0.2) is 22.7 Å². The van der Waals surface area contributed by atoms with Crippen molar-refractivity contribution < 1.29 is 4.74 Å². The summed E-state index contributed by atoms with van der Waals surface area (Å²) >= 11 is 3.57. The molecule has 1 aromatic rings. The molecule has 1 aromatic carbocycles. The molecule has 0 aliphatic heterocycles. The van der Waals surface area contributed by atoms with Gasteiger partial charge in [0, 0.05) is 4.47 Å². The number of halogens is 1. The lowest BCUT2D eigenvalue weighted by Gasteiger charge is -2.34. The highest BCUT2D eigenvalue weighted by atomic mass is 79.9. The molecule has 4 heteroatoms. The highest BCUT2D eigenvalue weighted by molar-refractivity contribution is 9.10. The standard InChI is InChI=1S/C12H17BrN2O/c1-16-9-5-6-11(13)10(7-9)12(15-14)8-3-2-4-8/h5-8,12,15H,2-4,14H2,1H3. The van der Waals surface area contributed by atoms with Gasteiger partial charge < -0.3 is 4.74 Å². The molecule has 1 saturated carbocycles. The molecule has 1 unspecified atom stereocenters. The van der Waals surface area contributed by atoms with E-state index in [0.717, 1.165) is 10.2 Å². The maximum absolute atomic E-state index is 5.66. The van der Waals surface area contributed by atoms with Crippen molar-refractivity contribution in [2.45, 2.75) is 25.3 Å². The van der Waals surface area contributed by atoms with E-state index in [1.165, 1.54) is 24.8 Å². The molecular formula is C12H17BrN2O. The number of methoxy groups -OCH3 is 1. The fraction of sp³-hybridized carbons (Fsp3) is 0.500. The van der Waals surface area contributed by atoms with Gasteiger partial charge >= 0.3 is 0 Å². The van der Waals surface area contributed by atoms with Crippen molar-refractivity contribution in [3.05, 3.63) is 28.2 Å². The maximum atomic E-state index is 5.66. The van der Waals surface area contributed by atoms with E-state index in [9.17, 15) is 0 Å². The third kappa shape index (κ3) is 2.24. The first-order chi connectivity index (χ1) is 7.76. The second kappa shape index (κ2) is 5.17. The number of hydrogen-bond donors (Lipinski definition) is 2. The zero-order valence-electron chi connectivity index (χ0n) is 9.37. The van der Waals surface area contributed by atoms with Crippen molar-refractivity contribution >= 4 is 15.9 Å². The molecule has 3 nitrogen and oxygen atoms in total. The SMILES string of the molecule is COc1ccc(Br)c(C(NN)C2CCC2)c1. The molecule has 0 aromatic heterocycles. The first kappa shape index (κ1) is 11.9. The Morgan fingerprint density at radius 1 is 1.50 bits per heavy atom. The van der Waals surface area contributed by atoms with Gasteiger partial charge in [-0.15, -0.1) is 0 Å². The Labute approximate surface area is 104 Å². The predicted molar refractivity (Wildman–Crippen MR) is 68.1 cm³/mol. The first-order valence-electron chi connectivity index (χ1n) is 5.56. The molecule has 16 heavy (non-hydrogen) atoms. The van der Waals surface area contributed by atoms with E-state index in [1.807, 2.05) is 18.2 Å². The molecule has 0 amide bonds. The van der Waals surface area contributed by atoms with Gasteiger partial charge in [0.1, 0.15) is 5.75 Å². The van der Waals surface area contributed by atoms with Gasteiger partial charge in [0.25, 0.3) is 0 Å². The molecule has 88 valence electrons. The van der Waals surface area contributed by atoms with Crippen molar-refractivity contribution in [1.29, 1.82) is 0 Å². The van der Waals surface area contributed by atoms with E-state index in [-0.39, 0.29) is 6.04 Å². The molecule has 0 saturated heterocycles. The van der Waals surface area contributed by atoms with Crippen LogP contribution in [0.3, 0.4) is 0 Å². The number of ether oxygens (including phenoxy) is 1. The Morgan fingerprint density at radius 3 is 2.75 bits per heavy atom. The molecule has 2 rings (SSSR count). The van der Waals surface area contributed by atoms with E-state index in [1.54, 1.807) is 7.11 Å². The van der Waals surface area contributed by atoms with Crippen LogP contribution in [-0.4, -0.2) is 7.11 Å². The highest BCUT2D eigenvalue weighted by Crippen LogP contribution is 2.40. The summed E-state index contributed by atoms with van der Waals surface area (Å²) in [6.45, 7) is 0. The Kier molecular flexibility index (Phi) is 3.84. The number of rotatable bonds is 4. The van der Waals surface area contributed by atoms with Gasteiger partial charge in [-0.05, 0) is 42.5 Å². The molecule has 3 N–H and O–H groups in total. The van der Waals surface area contributed by atoms with Gasteiger partial charge in [0.15, 0.2) is 0 Å². The quantitative estimate of drug-likeness (QED) is 0.660. The van der Waals surface area contributed by atoms with Crippen molar-refractivity contribution in [3.8, 4) is 5.75 Å². The fourth-order valence-corrected chi connectivity index (χ4v) is 2.63. The zero-order valence-corrected chi connectivity index (χ0v) is 11.0. The van der Waals surface area contributed by atoms with Crippen LogP contribution in [-0.2, 0) is 0 Å². The minimum atomic E-state index is 0.221. The minimum absolute atomic E-state index is 0.221. The first-order valence-corrected chi connectivity index (χ1v) is 6.35. The number of hydrogen-bond acceptors (Lipinski definition) is 3. The van der Waals surface area contributed by atoms with Crippen molar-refractivity contribution in [2.75, 3.05) is 7.11 Å². The maximum Gasteiger partial charge on any atom is 0.119 e. The Morgan fingerprint density at radius 2 is 2.25 bits per heavy atom. The van der Waals surface area contributed by atoms with Crippen LogP contribution in [0.2, 0.25) is 0 Å². The molecule has 0 bridgehead atoms. The van der Waals surface area contributed by atoms with Crippen LogP contribution < -0.4 is 16.0 Å². The predicted octanol–water partition coefficient (Wildman–Crippen LogP) is 2.76. The summed E-state index contributed by atoms with van der Waals surface area (Å²) in [7, 11) is 1.68. The molecule has 1 atom stereocenters. The van der Waals surface area contributed by atoms with Gasteiger partial charge in [-0.3, -0.25) is 11.3 Å². The Balaban J connectivity index is 2.28. The summed E-state index contributed by atoms with van der Waals surface area (Å²) in [5, 5.41) is 0. The normalized spacial score (nSPS) is 17.9. The minimum Gasteiger partial charge on any atom is -0.497 e. The lowest BCUT2D eigenvalue weighted by atomic mass is 9.77. The Hall–Kier alpha value is -0.580. The molecular weight excluding hydrogens is 268 g/mol. The van der Waals surface area contributed by atoms with Crippen molar-refractivity contribution in [1.82, 2.24) is 5.43 Å². The molecule has 1 aliphatic carbocycles. The number of nitrogens with two attached hydrogens (primary N) is 1. The van der Waals surface area contributed by atoms with Crippen LogP contribution in [0.25, 0.3) is 0 Å². The van der Waals surface area contributed by atoms with Gasteiger partial charge in [0.2, 0.25) is 0 Å². The largest absolute Gasteiger partial charge is 0.497 e. The monoisotopic (exact) mass is 284 g/mol. The lowest BCUT2D eigenvalue weighted by Crippen LogP contribution is -2.36. The fourth-order valence-electron chi connectivity index (χ4n) is 2.14. The molecule has 1 aliphatic rings. The smallest absolute Gasteiger partial charge is 0.119 e. The molecule has 0 heterocycles. The van der Waals surface area contributed by atoms with Crippen LogP contribution in [0, 0.1) is 5.92 Å². The third-order valence-corrected chi connectivity index (χ3v) is 4.06. The van der Waals surface area contributed by atoms with Gasteiger partial charge in [-0.2, -0.15) is 0 Å².